The number of hydrogen-bond donors (Lipinski definition) is 4. The summed E-state index contributed by atoms with van der Waals surface area (Å²) < 4.78 is 0. The molecule has 27 heavy (non-hydrogen) atoms. The van der Waals surface area contributed by atoms with Crippen molar-refractivity contribution in [3.63, 3.8) is 0 Å². The highest BCUT2D eigenvalue weighted by molar-refractivity contribution is 5.90. The Balaban J connectivity index is 2.37. The first kappa shape index (κ1) is 24.3. The SMILES string of the molecule is CCCCC(C)(O)CCC[C@@H]1[C@@H](CCCCC=CC(=O)CO)[C@@H](O)C[C@H]1O. The van der Waals surface area contributed by atoms with E-state index in [1.165, 1.54) is 6.08 Å². The standard InChI is InChI=1S/C22H40O5/c1-3-4-13-22(2,27)14-9-12-19-18(20(25)15-21(19)26)11-8-6-5-7-10-17(24)16-23/h7,10,18-21,23,25-27H,3-6,8-9,11-16H2,1-2H3/t18-,19-,20+,21-,22?/m1/s1. The van der Waals surface area contributed by atoms with Crippen LogP contribution in [0.2, 0.25) is 0 Å². The molecule has 5 atom stereocenters. The lowest BCUT2D eigenvalue weighted by Crippen LogP contribution is -2.26. The van der Waals surface area contributed by atoms with Crippen molar-refractivity contribution >= 4 is 5.78 Å². The van der Waals surface area contributed by atoms with Crippen molar-refractivity contribution in [2.24, 2.45) is 11.8 Å². The first-order valence-corrected chi connectivity index (χ1v) is 10.7. The van der Waals surface area contributed by atoms with Gasteiger partial charge in [-0.2, -0.15) is 0 Å². The summed E-state index contributed by atoms with van der Waals surface area (Å²) in [5, 5.41) is 39.7. The summed E-state index contributed by atoms with van der Waals surface area (Å²) in [6.45, 7) is 3.57. The van der Waals surface area contributed by atoms with E-state index in [0.29, 0.717) is 6.42 Å². The average Bonchev–Trinajstić information content (AvgIpc) is 2.89. The fraction of sp³-hybridized carbons (Fsp3) is 0.864. The summed E-state index contributed by atoms with van der Waals surface area (Å²) in [5.74, 6) is -0.0589. The fourth-order valence-electron chi connectivity index (χ4n) is 4.29. The Labute approximate surface area is 164 Å². The smallest absolute Gasteiger partial charge is 0.180 e. The lowest BCUT2D eigenvalue weighted by molar-refractivity contribution is -0.117. The number of aliphatic hydroxyl groups is 4. The lowest BCUT2D eigenvalue weighted by atomic mass is 9.83. The van der Waals surface area contributed by atoms with Crippen LogP contribution in [0.15, 0.2) is 12.2 Å². The van der Waals surface area contributed by atoms with Crippen molar-refractivity contribution in [2.45, 2.75) is 102 Å². The van der Waals surface area contributed by atoms with Gasteiger partial charge < -0.3 is 20.4 Å². The topological polar surface area (TPSA) is 98.0 Å². The highest BCUT2D eigenvalue weighted by Gasteiger charge is 2.40. The maximum Gasteiger partial charge on any atom is 0.180 e. The van der Waals surface area contributed by atoms with E-state index in [0.717, 1.165) is 64.2 Å². The summed E-state index contributed by atoms with van der Waals surface area (Å²) in [5.41, 5.74) is -0.633. The molecule has 1 unspecified atom stereocenters. The second kappa shape index (κ2) is 12.7. The van der Waals surface area contributed by atoms with E-state index in [9.17, 15) is 20.1 Å². The predicted octanol–water partition coefficient (Wildman–Crippen LogP) is 3.13. The van der Waals surface area contributed by atoms with Gasteiger partial charge in [-0.25, -0.2) is 0 Å². The van der Waals surface area contributed by atoms with Gasteiger partial charge in [0.1, 0.15) is 6.61 Å². The van der Waals surface area contributed by atoms with Crippen molar-refractivity contribution in [3.05, 3.63) is 12.2 Å². The van der Waals surface area contributed by atoms with Crippen LogP contribution >= 0.6 is 0 Å². The first-order valence-electron chi connectivity index (χ1n) is 10.7. The molecule has 5 nitrogen and oxygen atoms in total. The van der Waals surface area contributed by atoms with Crippen LogP contribution in [0.25, 0.3) is 0 Å². The Kier molecular flexibility index (Phi) is 11.4. The Morgan fingerprint density at radius 1 is 1.04 bits per heavy atom. The monoisotopic (exact) mass is 384 g/mol. The Morgan fingerprint density at radius 3 is 2.22 bits per heavy atom. The molecular weight excluding hydrogens is 344 g/mol. The average molecular weight is 385 g/mol. The molecule has 1 aliphatic rings. The van der Waals surface area contributed by atoms with Crippen molar-refractivity contribution in [3.8, 4) is 0 Å². The zero-order valence-electron chi connectivity index (χ0n) is 17.1. The molecule has 1 rings (SSSR count). The van der Waals surface area contributed by atoms with Crippen LogP contribution in [0, 0.1) is 11.8 Å². The third-order valence-electron chi connectivity index (χ3n) is 5.96. The van der Waals surface area contributed by atoms with E-state index in [1.54, 1.807) is 6.08 Å². The van der Waals surface area contributed by atoms with Crippen molar-refractivity contribution in [1.29, 1.82) is 0 Å². The molecule has 0 heterocycles. The number of carbonyl (C=O) groups excluding carboxylic acids is 1. The second-order valence-corrected chi connectivity index (χ2v) is 8.50. The van der Waals surface area contributed by atoms with Crippen LogP contribution in [0.3, 0.4) is 0 Å². The summed E-state index contributed by atoms with van der Waals surface area (Å²) in [6.07, 6.45) is 11.6. The molecule has 0 aromatic rings. The number of hydrogen-bond acceptors (Lipinski definition) is 5. The van der Waals surface area contributed by atoms with Crippen LogP contribution in [-0.4, -0.2) is 50.6 Å². The number of rotatable bonds is 14. The molecule has 4 N–H and O–H groups in total. The van der Waals surface area contributed by atoms with E-state index in [1.807, 2.05) is 6.92 Å². The molecule has 1 aliphatic carbocycles. The zero-order chi connectivity index (χ0) is 20.3. The van der Waals surface area contributed by atoms with Gasteiger partial charge in [-0.1, -0.05) is 38.7 Å². The van der Waals surface area contributed by atoms with E-state index in [-0.39, 0.29) is 17.6 Å². The van der Waals surface area contributed by atoms with E-state index in [2.05, 4.69) is 6.92 Å². The van der Waals surface area contributed by atoms with Crippen LogP contribution in [0.1, 0.15) is 84.5 Å². The third-order valence-corrected chi connectivity index (χ3v) is 5.96. The zero-order valence-corrected chi connectivity index (χ0v) is 17.1. The summed E-state index contributed by atoms with van der Waals surface area (Å²) in [7, 11) is 0. The third kappa shape index (κ3) is 9.33. The first-order chi connectivity index (χ1) is 12.8. The minimum Gasteiger partial charge on any atom is -0.393 e. The van der Waals surface area contributed by atoms with Crippen LogP contribution in [-0.2, 0) is 4.79 Å². The molecule has 0 spiro atoms. The summed E-state index contributed by atoms with van der Waals surface area (Å²) in [4.78, 5) is 11.0. The minimum absolute atomic E-state index is 0.105. The number of ketones is 1. The van der Waals surface area contributed by atoms with Crippen LogP contribution < -0.4 is 0 Å². The van der Waals surface area contributed by atoms with Gasteiger partial charge in [0.15, 0.2) is 5.78 Å². The van der Waals surface area contributed by atoms with Gasteiger partial charge in [-0.3, -0.25) is 4.79 Å². The van der Waals surface area contributed by atoms with Gasteiger partial charge in [0.2, 0.25) is 0 Å². The molecule has 0 aromatic carbocycles. The highest BCUT2D eigenvalue weighted by Crippen LogP contribution is 2.39. The normalized spacial score (nSPS) is 27.9. The number of unbranched alkanes of at least 4 members (excludes halogenated alkanes) is 3. The molecule has 158 valence electrons. The molecule has 0 radical (unpaired) electrons. The van der Waals surface area contributed by atoms with Crippen molar-refractivity contribution in [1.82, 2.24) is 0 Å². The molecular formula is C22H40O5. The molecule has 0 amide bonds. The molecule has 5 heteroatoms. The van der Waals surface area contributed by atoms with E-state index >= 15 is 0 Å². The summed E-state index contributed by atoms with van der Waals surface area (Å²) in [6, 6.07) is 0. The number of aliphatic hydroxyl groups excluding tert-OH is 3. The van der Waals surface area contributed by atoms with Gasteiger partial charge in [0.25, 0.3) is 0 Å². The molecule has 0 saturated heterocycles. The van der Waals surface area contributed by atoms with Gasteiger partial charge >= 0.3 is 0 Å². The highest BCUT2D eigenvalue weighted by atomic mass is 16.3. The van der Waals surface area contributed by atoms with Crippen molar-refractivity contribution in [2.75, 3.05) is 6.61 Å². The molecule has 1 fully saturated rings. The predicted molar refractivity (Wildman–Crippen MR) is 107 cm³/mol. The maximum atomic E-state index is 11.0. The second-order valence-electron chi connectivity index (χ2n) is 8.50. The largest absolute Gasteiger partial charge is 0.393 e. The quantitative estimate of drug-likeness (QED) is 0.272. The fourth-order valence-corrected chi connectivity index (χ4v) is 4.29. The molecule has 0 aromatic heterocycles. The van der Waals surface area contributed by atoms with Gasteiger partial charge in [0, 0.05) is 0 Å². The van der Waals surface area contributed by atoms with E-state index < -0.39 is 24.4 Å². The maximum absolute atomic E-state index is 11.0. The lowest BCUT2D eigenvalue weighted by Gasteiger charge is -2.27. The Hall–Kier alpha value is -0.750. The molecule has 0 aliphatic heterocycles. The molecule has 1 saturated carbocycles. The summed E-state index contributed by atoms with van der Waals surface area (Å²) >= 11 is 0. The van der Waals surface area contributed by atoms with Crippen LogP contribution in [0.4, 0.5) is 0 Å². The van der Waals surface area contributed by atoms with E-state index in [4.69, 9.17) is 5.11 Å². The van der Waals surface area contributed by atoms with Gasteiger partial charge in [-0.05, 0) is 69.8 Å². The Bertz CT molecular complexity index is 446. The van der Waals surface area contributed by atoms with Gasteiger partial charge in [-0.15, -0.1) is 0 Å². The molecule has 0 bridgehead atoms. The minimum atomic E-state index is -0.633. The van der Waals surface area contributed by atoms with Crippen LogP contribution in [0.5, 0.6) is 0 Å². The van der Waals surface area contributed by atoms with Crippen molar-refractivity contribution < 1.29 is 25.2 Å². The number of carbonyl (C=O) groups is 1. The van der Waals surface area contributed by atoms with Gasteiger partial charge in [0.05, 0.1) is 17.8 Å². The number of allylic oxidation sites excluding steroid dienone is 1. The Morgan fingerprint density at radius 2 is 1.63 bits per heavy atom.